The molecule has 0 heterocycles. The van der Waals surface area contributed by atoms with Crippen LogP contribution in [0.2, 0.25) is 18.1 Å². The van der Waals surface area contributed by atoms with E-state index in [-0.39, 0.29) is 11.6 Å². The highest BCUT2D eigenvalue weighted by atomic mass is 28.4. The van der Waals surface area contributed by atoms with Crippen molar-refractivity contribution in [3.63, 3.8) is 0 Å². The van der Waals surface area contributed by atoms with Crippen LogP contribution in [0.5, 0.6) is 5.75 Å². The van der Waals surface area contributed by atoms with E-state index in [2.05, 4.69) is 38.6 Å². The number of benzene rings is 1. The van der Waals surface area contributed by atoms with Crippen molar-refractivity contribution in [3.05, 3.63) is 29.8 Å². The van der Waals surface area contributed by atoms with E-state index in [0.717, 1.165) is 0 Å². The summed E-state index contributed by atoms with van der Waals surface area (Å²) in [6.45, 7) is 16.0. The number of esters is 2. The molecule has 7 heteroatoms. The van der Waals surface area contributed by atoms with Crippen LogP contribution in [-0.2, 0) is 18.7 Å². The lowest BCUT2D eigenvalue weighted by atomic mass is 10.2. The Bertz CT molecular complexity index is 668. The van der Waals surface area contributed by atoms with Gasteiger partial charge in [-0.05, 0) is 63.2 Å². The van der Waals surface area contributed by atoms with Gasteiger partial charge in [0.1, 0.15) is 18.0 Å². The third kappa shape index (κ3) is 7.28. The van der Waals surface area contributed by atoms with Gasteiger partial charge in [-0.3, -0.25) is 0 Å². The first kappa shape index (κ1) is 24.2. The fraction of sp³-hybridized carbons (Fsp3) is 0.619. The third-order valence-corrected chi connectivity index (χ3v) is 9.08. The van der Waals surface area contributed by atoms with Gasteiger partial charge in [-0.1, -0.05) is 20.8 Å². The monoisotopic (exact) mass is 410 g/mol. The minimum absolute atomic E-state index is 0.0268. The second kappa shape index (κ2) is 9.09. The van der Waals surface area contributed by atoms with E-state index in [1.54, 1.807) is 24.3 Å². The lowest BCUT2D eigenvalue weighted by molar-refractivity contribution is -0.165. The fourth-order valence-electron chi connectivity index (χ4n) is 2.03. The van der Waals surface area contributed by atoms with Gasteiger partial charge in [-0.2, -0.15) is 0 Å². The first-order valence-corrected chi connectivity index (χ1v) is 12.3. The van der Waals surface area contributed by atoms with Crippen LogP contribution in [0.4, 0.5) is 0 Å². The Kier molecular flexibility index (Phi) is 7.85. The van der Waals surface area contributed by atoms with Crippen molar-refractivity contribution in [2.24, 2.45) is 0 Å². The van der Waals surface area contributed by atoms with E-state index in [4.69, 9.17) is 13.9 Å². The molecule has 158 valence electrons. The van der Waals surface area contributed by atoms with Crippen LogP contribution in [0.15, 0.2) is 24.3 Å². The topological polar surface area (TPSA) is 71.1 Å². The van der Waals surface area contributed by atoms with E-state index in [0.29, 0.717) is 11.3 Å². The highest BCUT2D eigenvalue weighted by molar-refractivity contribution is 6.74. The smallest absolute Gasteiger partial charge is 0.338 e. The summed E-state index contributed by atoms with van der Waals surface area (Å²) in [5.41, 5.74) is -0.190. The second-order valence-corrected chi connectivity index (χ2v) is 14.0. The van der Waals surface area contributed by atoms with Crippen LogP contribution in [0, 0.1) is 0 Å². The molecule has 0 aliphatic carbocycles. The Morgan fingerprint density at radius 3 is 1.96 bits per heavy atom. The van der Waals surface area contributed by atoms with E-state index in [1.807, 2.05) is 20.8 Å². The molecule has 0 bridgehead atoms. The average molecular weight is 411 g/mol. The van der Waals surface area contributed by atoms with Crippen molar-refractivity contribution in [2.75, 3.05) is 13.7 Å². The van der Waals surface area contributed by atoms with E-state index in [9.17, 15) is 9.59 Å². The molecule has 1 aromatic carbocycles. The van der Waals surface area contributed by atoms with Gasteiger partial charge < -0.3 is 18.6 Å². The molecule has 0 amide bonds. The van der Waals surface area contributed by atoms with Gasteiger partial charge in [-0.25, -0.2) is 9.59 Å². The van der Waals surface area contributed by atoms with Crippen LogP contribution >= 0.6 is 0 Å². The van der Waals surface area contributed by atoms with Crippen molar-refractivity contribution < 1.29 is 28.2 Å². The molecule has 28 heavy (non-hydrogen) atoms. The maximum atomic E-state index is 12.7. The molecule has 0 aromatic heterocycles. The minimum Gasteiger partial charge on any atom is -0.490 e. The summed E-state index contributed by atoms with van der Waals surface area (Å²) in [4.78, 5) is 24.2. The number of methoxy groups -OCH3 is 1. The summed E-state index contributed by atoms with van der Waals surface area (Å²) in [7, 11) is -0.885. The summed E-state index contributed by atoms with van der Waals surface area (Å²) in [6, 6.07) is 6.53. The van der Waals surface area contributed by atoms with Crippen LogP contribution < -0.4 is 4.74 Å². The zero-order valence-corrected chi connectivity index (χ0v) is 19.5. The maximum Gasteiger partial charge on any atom is 0.338 e. The largest absolute Gasteiger partial charge is 0.490 e. The molecule has 0 radical (unpaired) electrons. The summed E-state index contributed by atoms with van der Waals surface area (Å²) in [5.74, 6) is -0.331. The molecule has 0 saturated heterocycles. The molecule has 1 aromatic rings. The molecule has 0 unspecified atom stereocenters. The molecule has 0 aliphatic rings. The molecule has 0 saturated carbocycles. The molecule has 0 spiro atoms. The number of carbonyl (C=O) groups is 2. The van der Waals surface area contributed by atoms with Gasteiger partial charge >= 0.3 is 11.9 Å². The van der Waals surface area contributed by atoms with Crippen molar-refractivity contribution in [3.8, 4) is 5.75 Å². The molecule has 0 N–H and O–H groups in total. The summed E-state index contributed by atoms with van der Waals surface area (Å²) in [6.07, 6.45) is -0.833. The Labute approximate surface area is 169 Å². The quantitative estimate of drug-likeness (QED) is 0.484. The summed E-state index contributed by atoms with van der Waals surface area (Å²) in [5, 5.41) is -0.0601. The van der Waals surface area contributed by atoms with Crippen molar-refractivity contribution in [1.29, 1.82) is 0 Å². The molecule has 1 atom stereocenters. The highest BCUT2D eigenvalue weighted by Gasteiger charge is 2.42. The van der Waals surface area contributed by atoms with Gasteiger partial charge in [0.15, 0.2) is 14.4 Å². The van der Waals surface area contributed by atoms with Gasteiger partial charge in [0.05, 0.1) is 12.7 Å². The first-order chi connectivity index (χ1) is 12.7. The molecule has 0 aliphatic heterocycles. The summed E-state index contributed by atoms with van der Waals surface area (Å²) >= 11 is 0. The molecular formula is C21H34O6Si. The van der Waals surface area contributed by atoms with Crippen LogP contribution in [-0.4, -0.2) is 45.7 Å². The normalized spacial score (nSPS) is 13.6. The number of carbonyl (C=O) groups excluding carboxylic acids is 2. The maximum absolute atomic E-state index is 12.7. The zero-order chi connectivity index (χ0) is 21.8. The predicted molar refractivity (Wildman–Crippen MR) is 111 cm³/mol. The van der Waals surface area contributed by atoms with E-state index >= 15 is 0 Å². The number of hydrogen-bond donors (Lipinski definition) is 0. The van der Waals surface area contributed by atoms with Crippen molar-refractivity contribution >= 4 is 20.3 Å². The van der Waals surface area contributed by atoms with Gasteiger partial charge in [-0.15, -0.1) is 0 Å². The predicted octanol–water partition coefficient (Wildman–Crippen LogP) is 4.58. The molecular weight excluding hydrogens is 376 g/mol. The molecule has 6 nitrogen and oxygen atoms in total. The zero-order valence-electron chi connectivity index (χ0n) is 18.5. The van der Waals surface area contributed by atoms with Gasteiger partial charge in [0.25, 0.3) is 0 Å². The number of hydrogen-bond acceptors (Lipinski definition) is 6. The first-order valence-electron chi connectivity index (χ1n) is 9.38. The van der Waals surface area contributed by atoms with Crippen molar-refractivity contribution in [2.45, 2.75) is 71.4 Å². The SMILES string of the molecule is COC(=O)c1ccc(OC[C@@H](O[Si](C)(C)C(C)(C)C)C(=O)OC(C)(C)C)cc1. The Morgan fingerprint density at radius 1 is 1.00 bits per heavy atom. The minimum atomic E-state index is -2.22. The van der Waals surface area contributed by atoms with Crippen LogP contribution in [0.25, 0.3) is 0 Å². The Hall–Kier alpha value is -1.86. The summed E-state index contributed by atoms with van der Waals surface area (Å²) < 4.78 is 22.3. The third-order valence-electron chi connectivity index (χ3n) is 4.59. The molecule has 0 fully saturated rings. The van der Waals surface area contributed by atoms with Crippen LogP contribution in [0.3, 0.4) is 0 Å². The van der Waals surface area contributed by atoms with Crippen LogP contribution in [0.1, 0.15) is 51.9 Å². The second-order valence-electron chi connectivity index (χ2n) is 9.23. The average Bonchev–Trinajstić information content (AvgIpc) is 2.55. The Balaban J connectivity index is 2.93. The Morgan fingerprint density at radius 2 is 1.54 bits per heavy atom. The lowest BCUT2D eigenvalue weighted by Crippen LogP contribution is -2.49. The van der Waals surface area contributed by atoms with Gasteiger partial charge in [0.2, 0.25) is 0 Å². The van der Waals surface area contributed by atoms with E-state index in [1.165, 1.54) is 7.11 Å². The lowest BCUT2D eigenvalue weighted by Gasteiger charge is -2.39. The van der Waals surface area contributed by atoms with Gasteiger partial charge in [0, 0.05) is 0 Å². The molecule has 1 rings (SSSR count). The standard InChI is InChI=1S/C21H34O6Si/c1-20(2,3)26-19(23)17(27-28(8,9)21(4,5)6)14-25-16-12-10-15(11-13-16)18(22)24-7/h10-13,17H,14H2,1-9H3/t17-/m1/s1. The number of ether oxygens (including phenoxy) is 3. The number of rotatable bonds is 7. The van der Waals surface area contributed by atoms with E-state index < -0.39 is 32.0 Å². The van der Waals surface area contributed by atoms with Crippen molar-refractivity contribution in [1.82, 2.24) is 0 Å². The highest BCUT2D eigenvalue weighted by Crippen LogP contribution is 2.37. The fourth-order valence-corrected chi connectivity index (χ4v) is 3.26.